The second-order valence-electron chi connectivity index (χ2n) is 11.9. The van der Waals surface area contributed by atoms with E-state index in [9.17, 15) is 9.90 Å². The van der Waals surface area contributed by atoms with Crippen molar-refractivity contribution in [3.8, 4) is 11.3 Å². The molecule has 1 saturated heterocycles. The van der Waals surface area contributed by atoms with Crippen LogP contribution in [0.5, 0.6) is 0 Å². The van der Waals surface area contributed by atoms with Crippen LogP contribution in [-0.2, 0) is 11.2 Å². The Morgan fingerprint density at radius 2 is 1.93 bits per heavy atom. The van der Waals surface area contributed by atoms with Crippen LogP contribution >= 0.6 is 0 Å². The van der Waals surface area contributed by atoms with Crippen LogP contribution in [-0.4, -0.2) is 83.5 Å². The van der Waals surface area contributed by atoms with Gasteiger partial charge in [0, 0.05) is 57.1 Å². The van der Waals surface area contributed by atoms with Gasteiger partial charge < -0.3 is 29.5 Å². The summed E-state index contributed by atoms with van der Waals surface area (Å²) >= 11 is 0. The molecule has 8 heteroatoms. The summed E-state index contributed by atoms with van der Waals surface area (Å²) in [5, 5.41) is 15.2. The normalized spacial score (nSPS) is 24.7. The van der Waals surface area contributed by atoms with Gasteiger partial charge in [0.1, 0.15) is 5.60 Å². The van der Waals surface area contributed by atoms with Gasteiger partial charge in [-0.3, -0.25) is 4.79 Å². The Labute approximate surface area is 243 Å². The van der Waals surface area contributed by atoms with Crippen LogP contribution in [0.4, 0.5) is 5.69 Å². The summed E-state index contributed by atoms with van der Waals surface area (Å²) in [6.45, 7) is 4.43. The Bertz CT molecular complexity index is 1320. The highest BCUT2D eigenvalue weighted by Crippen LogP contribution is 2.41. The molecule has 1 amide bonds. The van der Waals surface area contributed by atoms with Gasteiger partial charge in [0.2, 0.25) is 0 Å². The van der Waals surface area contributed by atoms with Gasteiger partial charge in [-0.15, -0.1) is 0 Å². The minimum atomic E-state index is -1.00. The second kappa shape index (κ2) is 12.3. The lowest BCUT2D eigenvalue weighted by Crippen LogP contribution is -2.54. The molecule has 0 spiro atoms. The number of fused-ring (bicyclic) bond motifs is 1. The predicted octanol–water partition coefficient (Wildman–Crippen LogP) is 4.30. The molecular weight excluding hydrogens is 514 g/mol. The Balaban J connectivity index is 1.29. The number of para-hydroxylation sites is 1. The monoisotopic (exact) mass is 557 g/mol. The summed E-state index contributed by atoms with van der Waals surface area (Å²) < 4.78 is 7.53. The molecule has 0 unspecified atom stereocenters. The zero-order chi connectivity index (χ0) is 28.2. The van der Waals surface area contributed by atoms with Crippen molar-refractivity contribution in [1.29, 1.82) is 0 Å². The molecule has 2 N–H and O–H groups in total. The van der Waals surface area contributed by atoms with Gasteiger partial charge in [0.25, 0.3) is 5.91 Å². The molecular formula is C33H43N5O3. The number of anilines is 1. The van der Waals surface area contributed by atoms with Gasteiger partial charge in [0.15, 0.2) is 5.69 Å². The molecule has 0 bridgehead atoms. The highest BCUT2D eigenvalue weighted by Gasteiger charge is 2.42. The number of carbonyl (C=O) groups is 1. The van der Waals surface area contributed by atoms with E-state index in [0.29, 0.717) is 18.7 Å². The molecule has 3 heterocycles. The van der Waals surface area contributed by atoms with Gasteiger partial charge in [0.05, 0.1) is 24.7 Å². The standard InChI is InChI=1S/C33H43N5O3/c1-41-23-33(40)17-8-7-15-29(33)38-24-35-30(31(38)26-11-3-2-4-12-26)32(39)37-21-18-34-22-27(37)16-20-36-19-9-13-25-10-5-6-14-28(25)36/h2-6,10-12,14,24,27,29,34,40H,7-9,13,15-23H2,1H3/t27-,29-,33-/m1/s1. The number of aryl methyl sites for hydroxylation is 1. The van der Waals surface area contributed by atoms with E-state index in [1.807, 2.05) is 35.2 Å². The average molecular weight is 558 g/mol. The summed E-state index contributed by atoms with van der Waals surface area (Å²) in [5.41, 5.74) is 3.95. The smallest absolute Gasteiger partial charge is 0.275 e. The van der Waals surface area contributed by atoms with Crippen LogP contribution in [0.3, 0.4) is 0 Å². The van der Waals surface area contributed by atoms with Crippen molar-refractivity contribution in [2.75, 3.05) is 51.3 Å². The molecule has 2 aliphatic heterocycles. The number of ether oxygens (including phenoxy) is 1. The second-order valence-corrected chi connectivity index (χ2v) is 11.9. The molecule has 2 aromatic carbocycles. The molecule has 3 atom stereocenters. The number of aliphatic hydroxyl groups is 1. The summed E-state index contributed by atoms with van der Waals surface area (Å²) in [4.78, 5) is 23.7. The molecule has 8 nitrogen and oxygen atoms in total. The number of rotatable bonds is 8. The third-order valence-electron chi connectivity index (χ3n) is 9.28. The first-order chi connectivity index (χ1) is 20.1. The summed E-state index contributed by atoms with van der Waals surface area (Å²) in [6, 6.07) is 18.6. The van der Waals surface area contributed by atoms with Crippen molar-refractivity contribution < 1.29 is 14.6 Å². The van der Waals surface area contributed by atoms with Crippen LogP contribution in [0.15, 0.2) is 60.9 Å². The Morgan fingerprint density at radius 1 is 1.10 bits per heavy atom. The van der Waals surface area contributed by atoms with E-state index in [0.717, 1.165) is 76.0 Å². The SMILES string of the molecule is COC[C@]1(O)CCCC[C@H]1n1cnc(C(=O)N2CCNC[C@H]2CCN2CCCc3ccccc32)c1-c1ccccc1. The minimum Gasteiger partial charge on any atom is -0.385 e. The first kappa shape index (κ1) is 27.9. The van der Waals surface area contributed by atoms with E-state index in [4.69, 9.17) is 9.72 Å². The van der Waals surface area contributed by atoms with Gasteiger partial charge in [-0.2, -0.15) is 0 Å². The van der Waals surface area contributed by atoms with E-state index in [1.54, 1.807) is 13.4 Å². The maximum absolute atomic E-state index is 14.4. The van der Waals surface area contributed by atoms with Crippen LogP contribution < -0.4 is 10.2 Å². The number of piperazine rings is 1. The maximum atomic E-state index is 14.4. The molecule has 3 aromatic rings. The van der Waals surface area contributed by atoms with E-state index in [2.05, 4.69) is 39.0 Å². The number of carbonyl (C=O) groups excluding carboxylic acids is 1. The van der Waals surface area contributed by atoms with Crippen molar-refractivity contribution in [1.82, 2.24) is 19.8 Å². The van der Waals surface area contributed by atoms with E-state index in [1.165, 1.54) is 11.3 Å². The molecule has 1 saturated carbocycles. The van der Waals surface area contributed by atoms with E-state index in [-0.39, 0.29) is 24.6 Å². The zero-order valence-electron chi connectivity index (χ0n) is 24.2. The van der Waals surface area contributed by atoms with Crippen LogP contribution in [0.25, 0.3) is 11.3 Å². The van der Waals surface area contributed by atoms with Gasteiger partial charge in [-0.25, -0.2) is 4.98 Å². The highest BCUT2D eigenvalue weighted by atomic mass is 16.5. The largest absolute Gasteiger partial charge is 0.385 e. The molecule has 41 heavy (non-hydrogen) atoms. The van der Waals surface area contributed by atoms with Crippen LogP contribution in [0.2, 0.25) is 0 Å². The Hall–Kier alpha value is -3.20. The topological polar surface area (TPSA) is 82.9 Å². The molecule has 1 aromatic heterocycles. The lowest BCUT2D eigenvalue weighted by molar-refractivity contribution is -0.0893. The lowest BCUT2D eigenvalue weighted by Gasteiger charge is -2.41. The first-order valence-electron chi connectivity index (χ1n) is 15.3. The Kier molecular flexibility index (Phi) is 8.42. The molecule has 2 fully saturated rings. The fourth-order valence-corrected chi connectivity index (χ4v) is 7.23. The average Bonchev–Trinajstić information content (AvgIpc) is 3.45. The fraction of sp³-hybridized carbons (Fsp3) is 0.515. The third-order valence-corrected chi connectivity index (χ3v) is 9.28. The van der Waals surface area contributed by atoms with Crippen LogP contribution in [0.1, 0.15) is 60.6 Å². The van der Waals surface area contributed by atoms with E-state index >= 15 is 0 Å². The van der Waals surface area contributed by atoms with Crippen molar-refractivity contribution in [3.05, 3.63) is 72.2 Å². The number of amides is 1. The maximum Gasteiger partial charge on any atom is 0.275 e. The predicted molar refractivity (Wildman–Crippen MR) is 161 cm³/mol. The molecule has 218 valence electrons. The Morgan fingerprint density at radius 3 is 2.78 bits per heavy atom. The van der Waals surface area contributed by atoms with Gasteiger partial charge >= 0.3 is 0 Å². The van der Waals surface area contributed by atoms with Gasteiger partial charge in [-0.1, -0.05) is 61.4 Å². The first-order valence-corrected chi connectivity index (χ1v) is 15.3. The number of hydrogen-bond acceptors (Lipinski definition) is 6. The number of aromatic nitrogens is 2. The van der Waals surface area contributed by atoms with Crippen molar-refractivity contribution in [2.24, 2.45) is 0 Å². The molecule has 1 aliphatic carbocycles. The number of hydrogen-bond donors (Lipinski definition) is 2. The zero-order valence-corrected chi connectivity index (χ0v) is 24.2. The third kappa shape index (κ3) is 5.65. The number of benzene rings is 2. The molecule has 3 aliphatic rings. The number of methoxy groups -OCH3 is 1. The summed E-state index contributed by atoms with van der Waals surface area (Å²) in [6.07, 6.45) is 8.43. The highest BCUT2D eigenvalue weighted by molar-refractivity contribution is 5.98. The fourth-order valence-electron chi connectivity index (χ4n) is 7.23. The lowest BCUT2D eigenvalue weighted by atomic mass is 9.80. The minimum absolute atomic E-state index is 0.0285. The summed E-state index contributed by atoms with van der Waals surface area (Å²) in [7, 11) is 1.64. The molecule has 6 rings (SSSR count). The molecule has 0 radical (unpaired) electrons. The number of nitrogens with zero attached hydrogens (tertiary/aromatic N) is 4. The van der Waals surface area contributed by atoms with Crippen molar-refractivity contribution in [2.45, 2.75) is 62.6 Å². The van der Waals surface area contributed by atoms with Crippen LogP contribution in [0, 0.1) is 0 Å². The van der Waals surface area contributed by atoms with Crippen molar-refractivity contribution >= 4 is 11.6 Å². The number of nitrogens with one attached hydrogen (secondary N) is 1. The van der Waals surface area contributed by atoms with Crippen molar-refractivity contribution in [3.63, 3.8) is 0 Å². The quantitative estimate of drug-likeness (QED) is 0.430. The van der Waals surface area contributed by atoms with Gasteiger partial charge in [-0.05, 0) is 43.7 Å². The summed E-state index contributed by atoms with van der Waals surface area (Å²) in [5.74, 6) is -0.0285. The van der Waals surface area contributed by atoms with E-state index < -0.39 is 5.60 Å². The number of imidazole rings is 1.